The minimum Gasteiger partial charge on any atom is -0.481 e. The smallest absolute Gasteiger partial charge is 0.308 e. The van der Waals surface area contributed by atoms with Crippen LogP contribution in [0.1, 0.15) is 59.3 Å². The number of carbonyl (C=O) groups is 2. The van der Waals surface area contributed by atoms with E-state index < -0.39 is 35.9 Å². The number of fused-ring (bicyclic) bond motifs is 2. The van der Waals surface area contributed by atoms with E-state index in [1.54, 1.807) is 0 Å². The van der Waals surface area contributed by atoms with Crippen LogP contribution >= 0.6 is 0 Å². The molecule has 2 bridgehead atoms. The van der Waals surface area contributed by atoms with Crippen LogP contribution in [0.5, 0.6) is 0 Å². The first-order valence-corrected chi connectivity index (χ1v) is 9.86. The molecule has 4 aliphatic heterocycles. The van der Waals surface area contributed by atoms with Gasteiger partial charge in [0.25, 0.3) is 0 Å². The van der Waals surface area contributed by atoms with Crippen LogP contribution < -0.4 is 0 Å². The minimum absolute atomic E-state index is 0.0670. The molecule has 1 saturated carbocycles. The summed E-state index contributed by atoms with van der Waals surface area (Å²) in [5.74, 6) is -1.82. The number of ether oxygens (including phenoxy) is 3. The molecule has 0 aromatic carbocycles. The molecule has 152 valence electrons. The summed E-state index contributed by atoms with van der Waals surface area (Å²) < 4.78 is 17.8. The molecule has 8 nitrogen and oxygen atoms in total. The standard InChI is InChI=1S/C19H28O8/c1-10-4-5-13-11(2)16(23-15(22)7-6-14(20)21)24-17-19(13)12(10)8-9-18(3,25-17)26-27-19/h10-13,16-17H,4-9H2,1-3H3,(H,20,21)/t10-,11-,12?,13+,16-,17-,18?,19-/m1/s1. The molecule has 1 spiro atoms. The Bertz CT molecular complexity index is 623. The van der Waals surface area contributed by atoms with Gasteiger partial charge in [0, 0.05) is 18.3 Å². The zero-order valence-corrected chi connectivity index (χ0v) is 16.0. The first-order chi connectivity index (χ1) is 12.7. The van der Waals surface area contributed by atoms with Gasteiger partial charge in [0.1, 0.15) is 0 Å². The van der Waals surface area contributed by atoms with E-state index in [1.807, 2.05) is 13.8 Å². The molecule has 0 aromatic heterocycles. The second-order valence-corrected chi connectivity index (χ2v) is 8.66. The Morgan fingerprint density at radius 1 is 1.11 bits per heavy atom. The van der Waals surface area contributed by atoms with Crippen molar-refractivity contribution >= 4 is 11.9 Å². The van der Waals surface area contributed by atoms with Crippen molar-refractivity contribution in [1.82, 2.24) is 0 Å². The fraction of sp³-hybridized carbons (Fsp3) is 0.895. The van der Waals surface area contributed by atoms with E-state index in [0.717, 1.165) is 19.3 Å². The third-order valence-electron chi connectivity index (χ3n) is 6.89. The Morgan fingerprint density at radius 2 is 1.89 bits per heavy atom. The maximum absolute atomic E-state index is 12.1. The van der Waals surface area contributed by atoms with Gasteiger partial charge in [-0.3, -0.25) is 9.59 Å². The summed E-state index contributed by atoms with van der Waals surface area (Å²) in [4.78, 5) is 34.5. The first-order valence-electron chi connectivity index (χ1n) is 9.86. The van der Waals surface area contributed by atoms with Gasteiger partial charge in [0.05, 0.1) is 12.8 Å². The van der Waals surface area contributed by atoms with Gasteiger partial charge in [-0.1, -0.05) is 13.8 Å². The normalized spacial score (nSPS) is 48.4. The summed E-state index contributed by atoms with van der Waals surface area (Å²) in [6.45, 7) is 6.06. The van der Waals surface area contributed by atoms with E-state index in [0.29, 0.717) is 12.3 Å². The van der Waals surface area contributed by atoms with Crippen LogP contribution in [0.4, 0.5) is 0 Å². The third kappa shape index (κ3) is 3.06. The predicted octanol–water partition coefficient (Wildman–Crippen LogP) is 2.60. The van der Waals surface area contributed by atoms with Crippen molar-refractivity contribution < 1.29 is 38.7 Å². The molecule has 27 heavy (non-hydrogen) atoms. The Labute approximate surface area is 158 Å². The lowest BCUT2D eigenvalue weighted by molar-refractivity contribution is -0.576. The number of carboxylic acid groups (broad SMARTS) is 1. The van der Waals surface area contributed by atoms with Crippen LogP contribution in [-0.4, -0.2) is 41.0 Å². The van der Waals surface area contributed by atoms with Gasteiger partial charge in [-0.05, 0) is 38.0 Å². The maximum Gasteiger partial charge on any atom is 0.308 e. The van der Waals surface area contributed by atoms with Crippen LogP contribution in [0.25, 0.3) is 0 Å². The summed E-state index contributed by atoms with van der Waals surface area (Å²) in [7, 11) is 0. The molecule has 8 atom stereocenters. The van der Waals surface area contributed by atoms with E-state index in [-0.39, 0.29) is 30.6 Å². The van der Waals surface area contributed by atoms with Gasteiger partial charge in [0.15, 0.2) is 11.9 Å². The lowest BCUT2D eigenvalue weighted by atomic mass is 9.58. The summed E-state index contributed by atoms with van der Waals surface area (Å²) in [5, 5.41) is 8.76. The minimum atomic E-state index is -1.03. The van der Waals surface area contributed by atoms with Crippen molar-refractivity contribution in [2.45, 2.75) is 83.3 Å². The highest BCUT2D eigenvalue weighted by Crippen LogP contribution is 2.60. The average Bonchev–Trinajstić information content (AvgIpc) is 2.84. The Hall–Kier alpha value is -1.22. The molecule has 5 rings (SSSR count). The lowest BCUT2D eigenvalue weighted by Gasteiger charge is -2.59. The van der Waals surface area contributed by atoms with Crippen LogP contribution in [0.2, 0.25) is 0 Å². The molecule has 0 radical (unpaired) electrons. The van der Waals surface area contributed by atoms with Crippen LogP contribution in [0.15, 0.2) is 0 Å². The number of aliphatic carboxylic acids is 1. The quantitative estimate of drug-likeness (QED) is 0.583. The molecule has 4 heterocycles. The largest absolute Gasteiger partial charge is 0.481 e. The van der Waals surface area contributed by atoms with E-state index in [2.05, 4.69) is 6.92 Å². The van der Waals surface area contributed by atoms with E-state index in [1.165, 1.54) is 0 Å². The first kappa shape index (κ1) is 19.1. The van der Waals surface area contributed by atoms with Crippen LogP contribution in [0, 0.1) is 23.7 Å². The molecule has 0 aromatic rings. The van der Waals surface area contributed by atoms with E-state index >= 15 is 0 Å². The second kappa shape index (κ2) is 6.69. The second-order valence-electron chi connectivity index (χ2n) is 8.66. The number of rotatable bonds is 4. The highest BCUT2D eigenvalue weighted by Gasteiger charge is 2.69. The summed E-state index contributed by atoms with van der Waals surface area (Å²) >= 11 is 0. The predicted molar refractivity (Wildman–Crippen MR) is 89.8 cm³/mol. The Morgan fingerprint density at radius 3 is 2.63 bits per heavy atom. The number of carbonyl (C=O) groups excluding carboxylic acids is 1. The van der Waals surface area contributed by atoms with Crippen LogP contribution in [0.3, 0.4) is 0 Å². The topological polar surface area (TPSA) is 101 Å². The highest BCUT2D eigenvalue weighted by atomic mass is 17.3. The summed E-state index contributed by atoms with van der Waals surface area (Å²) in [6, 6.07) is 0. The molecule has 8 heteroatoms. The molecule has 4 saturated heterocycles. The number of esters is 1. The molecule has 5 fully saturated rings. The van der Waals surface area contributed by atoms with Gasteiger partial charge in [0.2, 0.25) is 12.1 Å². The number of hydrogen-bond acceptors (Lipinski definition) is 7. The molecular formula is C19H28O8. The maximum atomic E-state index is 12.1. The van der Waals surface area contributed by atoms with Crippen molar-refractivity contribution in [3.63, 3.8) is 0 Å². The Balaban J connectivity index is 1.58. The van der Waals surface area contributed by atoms with E-state index in [9.17, 15) is 9.59 Å². The molecule has 5 aliphatic rings. The van der Waals surface area contributed by atoms with Gasteiger partial charge in [-0.15, -0.1) is 0 Å². The monoisotopic (exact) mass is 384 g/mol. The fourth-order valence-electron chi connectivity index (χ4n) is 5.40. The van der Waals surface area contributed by atoms with Gasteiger partial charge in [-0.2, -0.15) is 0 Å². The molecule has 1 aliphatic carbocycles. The highest BCUT2D eigenvalue weighted by molar-refractivity contribution is 5.76. The Kier molecular flexibility index (Phi) is 4.73. The molecule has 2 unspecified atom stereocenters. The zero-order valence-electron chi connectivity index (χ0n) is 16.0. The zero-order chi connectivity index (χ0) is 19.4. The molecular weight excluding hydrogens is 356 g/mol. The SMILES string of the molecule is C[C@H]1[C@H](OC(=O)CCC(=O)O)O[C@@H]2OC3(C)CCC4[C@H](C)CC[C@@H]1[C@]42OO3. The van der Waals surface area contributed by atoms with Crippen molar-refractivity contribution in [3.05, 3.63) is 0 Å². The third-order valence-corrected chi connectivity index (χ3v) is 6.89. The summed E-state index contributed by atoms with van der Waals surface area (Å²) in [6.07, 6.45) is 1.72. The van der Waals surface area contributed by atoms with Crippen LogP contribution in [-0.2, 0) is 33.6 Å². The molecule has 1 N–H and O–H groups in total. The average molecular weight is 384 g/mol. The fourth-order valence-corrected chi connectivity index (χ4v) is 5.40. The summed E-state index contributed by atoms with van der Waals surface area (Å²) in [5.41, 5.74) is -0.697. The van der Waals surface area contributed by atoms with E-state index in [4.69, 9.17) is 29.1 Å². The van der Waals surface area contributed by atoms with Crippen molar-refractivity contribution in [2.24, 2.45) is 23.7 Å². The van der Waals surface area contributed by atoms with Gasteiger partial charge < -0.3 is 19.3 Å². The molecule has 0 amide bonds. The lowest BCUT2D eigenvalue weighted by Crippen LogP contribution is -2.70. The van der Waals surface area contributed by atoms with Crippen molar-refractivity contribution in [3.8, 4) is 0 Å². The van der Waals surface area contributed by atoms with Crippen molar-refractivity contribution in [1.29, 1.82) is 0 Å². The van der Waals surface area contributed by atoms with Crippen molar-refractivity contribution in [2.75, 3.05) is 0 Å². The number of hydrogen-bond donors (Lipinski definition) is 1. The number of carboxylic acids is 1. The van der Waals surface area contributed by atoms with Gasteiger partial charge in [-0.25, -0.2) is 9.78 Å². The van der Waals surface area contributed by atoms with Gasteiger partial charge >= 0.3 is 11.9 Å².